The van der Waals surface area contributed by atoms with Gasteiger partial charge in [0.05, 0.1) is 39.9 Å². The third-order valence-electron chi connectivity index (χ3n) is 13.9. The number of nitrogens with one attached hydrogen (secondary N) is 1. The normalized spacial score (nSPS) is 14.6. The molecule has 3 atom stereocenters. The number of aliphatic hydroxyl groups excluding tert-OH is 1. The number of allylic oxidation sites excluding steroid dienone is 21. The minimum atomic E-state index is -4.36. The Morgan fingerprint density at radius 2 is 0.750 bits per heavy atom. The molecule has 0 aliphatic carbocycles. The fraction of sp³-hybridized carbons (Fsp3) is 0.676. The maximum atomic E-state index is 13.0. The van der Waals surface area contributed by atoms with E-state index in [2.05, 4.69) is 141 Å². The first-order chi connectivity index (χ1) is 39.0. The van der Waals surface area contributed by atoms with Gasteiger partial charge in [0.15, 0.2) is 0 Å². The van der Waals surface area contributed by atoms with Crippen LogP contribution < -0.4 is 5.32 Å². The first-order valence-corrected chi connectivity index (χ1v) is 34.1. The van der Waals surface area contributed by atoms with E-state index in [-0.39, 0.29) is 19.1 Å². The van der Waals surface area contributed by atoms with Crippen molar-refractivity contribution in [2.45, 2.75) is 270 Å². The Labute approximate surface area is 494 Å². The molecule has 8 nitrogen and oxygen atoms in total. The molecule has 0 spiro atoms. The second kappa shape index (κ2) is 60.2. The van der Waals surface area contributed by atoms with Gasteiger partial charge in [-0.05, 0) is 96.3 Å². The summed E-state index contributed by atoms with van der Waals surface area (Å²) in [4.78, 5) is 23.4. The van der Waals surface area contributed by atoms with Gasteiger partial charge in [-0.3, -0.25) is 13.8 Å². The van der Waals surface area contributed by atoms with Gasteiger partial charge in [-0.1, -0.05) is 289 Å². The van der Waals surface area contributed by atoms with Crippen molar-refractivity contribution in [2.75, 3.05) is 40.9 Å². The third-order valence-corrected chi connectivity index (χ3v) is 14.9. The SMILES string of the molecule is CC/C=C\C/C=C\C/C=C\C/C=C\C/C=C\C/C=C\C/C=C\C/C=C\C/C=C\C/C=C\CCCCCCCCC(=O)NC(COP(=O)(O)OCC[N+](C)(C)C)C(O)/C=C/CCCCCCCCCCCCCCCCCCCCC. The predicted molar refractivity (Wildman–Crippen MR) is 350 cm³/mol. The number of quaternary nitrogens is 1. The molecule has 80 heavy (non-hydrogen) atoms. The summed E-state index contributed by atoms with van der Waals surface area (Å²) in [5.74, 6) is -0.195. The number of carbonyl (C=O) groups is 1. The van der Waals surface area contributed by atoms with Gasteiger partial charge < -0.3 is 19.8 Å². The molecule has 0 fully saturated rings. The molecular formula is C71H124N2O6P+. The van der Waals surface area contributed by atoms with Gasteiger partial charge in [0, 0.05) is 6.42 Å². The van der Waals surface area contributed by atoms with Gasteiger partial charge in [0.1, 0.15) is 13.2 Å². The predicted octanol–water partition coefficient (Wildman–Crippen LogP) is 20.7. The molecule has 0 rings (SSSR count). The summed E-state index contributed by atoms with van der Waals surface area (Å²) in [5.41, 5.74) is 0. The average Bonchev–Trinajstić information content (AvgIpc) is 3.42. The molecular weight excluding hydrogens is 1010 g/mol. The van der Waals surface area contributed by atoms with Gasteiger partial charge in [0.2, 0.25) is 5.91 Å². The highest BCUT2D eigenvalue weighted by atomic mass is 31.2. The molecule has 0 aromatic heterocycles. The number of phosphoric acid groups is 1. The van der Waals surface area contributed by atoms with Crippen LogP contribution in [0, 0.1) is 0 Å². The van der Waals surface area contributed by atoms with E-state index in [1.54, 1.807) is 6.08 Å². The molecule has 0 saturated carbocycles. The maximum absolute atomic E-state index is 13.0. The molecule has 0 aliphatic heterocycles. The summed E-state index contributed by atoms with van der Waals surface area (Å²) < 4.78 is 23.8. The lowest BCUT2D eigenvalue weighted by molar-refractivity contribution is -0.870. The summed E-state index contributed by atoms with van der Waals surface area (Å²) in [6, 6.07) is -0.865. The maximum Gasteiger partial charge on any atom is 0.472 e. The van der Waals surface area contributed by atoms with Crippen molar-refractivity contribution in [1.82, 2.24) is 5.32 Å². The Balaban J connectivity index is 4.21. The van der Waals surface area contributed by atoms with Gasteiger partial charge in [-0.25, -0.2) is 4.57 Å². The molecule has 3 N–H and O–H groups in total. The van der Waals surface area contributed by atoms with Gasteiger partial charge in [0.25, 0.3) is 0 Å². The zero-order valence-corrected chi connectivity index (χ0v) is 53.2. The van der Waals surface area contributed by atoms with Crippen molar-refractivity contribution in [3.8, 4) is 0 Å². The lowest BCUT2D eigenvalue weighted by atomic mass is 10.0. The van der Waals surface area contributed by atoms with E-state index in [0.717, 1.165) is 122 Å². The lowest BCUT2D eigenvalue weighted by Gasteiger charge is -2.25. The smallest absolute Gasteiger partial charge is 0.387 e. The number of rotatable bonds is 58. The summed E-state index contributed by atoms with van der Waals surface area (Å²) in [6.07, 6.45) is 91.4. The van der Waals surface area contributed by atoms with Crippen LogP contribution in [-0.4, -0.2) is 73.4 Å². The highest BCUT2D eigenvalue weighted by molar-refractivity contribution is 7.47. The van der Waals surface area contributed by atoms with Crippen molar-refractivity contribution in [2.24, 2.45) is 0 Å². The number of unbranched alkanes of at least 4 members (excludes halogenated alkanes) is 25. The Bertz CT molecular complexity index is 1760. The van der Waals surface area contributed by atoms with E-state index in [9.17, 15) is 19.4 Å². The molecule has 0 saturated heterocycles. The molecule has 0 aliphatic rings. The Morgan fingerprint density at radius 1 is 0.438 bits per heavy atom. The van der Waals surface area contributed by atoms with E-state index in [1.807, 2.05) is 27.2 Å². The number of aliphatic hydroxyl groups is 1. The van der Waals surface area contributed by atoms with Crippen molar-refractivity contribution in [3.63, 3.8) is 0 Å². The Kier molecular flexibility index (Phi) is 57.7. The molecule has 3 unspecified atom stereocenters. The van der Waals surface area contributed by atoms with E-state index in [1.165, 1.54) is 116 Å². The minimum absolute atomic E-state index is 0.0519. The highest BCUT2D eigenvalue weighted by Gasteiger charge is 2.27. The quantitative estimate of drug-likeness (QED) is 0.0243. The lowest BCUT2D eigenvalue weighted by Crippen LogP contribution is -2.45. The first-order valence-electron chi connectivity index (χ1n) is 32.6. The molecule has 9 heteroatoms. The monoisotopic (exact) mass is 1130 g/mol. The van der Waals surface area contributed by atoms with Crippen molar-refractivity contribution < 1.29 is 32.9 Å². The highest BCUT2D eigenvalue weighted by Crippen LogP contribution is 2.43. The fourth-order valence-corrected chi connectivity index (χ4v) is 9.57. The number of hydrogen-bond acceptors (Lipinski definition) is 5. The second-order valence-corrected chi connectivity index (χ2v) is 24.2. The molecule has 0 bridgehead atoms. The van der Waals surface area contributed by atoms with Crippen LogP contribution >= 0.6 is 7.82 Å². The Morgan fingerprint density at radius 3 is 1.10 bits per heavy atom. The number of nitrogens with zero attached hydrogens (tertiary/aromatic N) is 1. The van der Waals surface area contributed by atoms with Gasteiger partial charge in [-0.15, -0.1) is 0 Å². The number of hydrogen-bond donors (Lipinski definition) is 3. The van der Waals surface area contributed by atoms with Crippen LogP contribution in [0.5, 0.6) is 0 Å². The van der Waals surface area contributed by atoms with E-state index in [0.29, 0.717) is 17.4 Å². The van der Waals surface area contributed by atoms with Gasteiger partial charge >= 0.3 is 7.82 Å². The van der Waals surface area contributed by atoms with Gasteiger partial charge in [-0.2, -0.15) is 0 Å². The van der Waals surface area contributed by atoms with Crippen LogP contribution in [0.15, 0.2) is 134 Å². The van der Waals surface area contributed by atoms with Crippen molar-refractivity contribution >= 4 is 13.7 Å². The molecule has 0 aromatic rings. The zero-order valence-electron chi connectivity index (χ0n) is 52.3. The fourth-order valence-electron chi connectivity index (χ4n) is 8.84. The zero-order chi connectivity index (χ0) is 58.4. The topological polar surface area (TPSA) is 105 Å². The number of phosphoric ester groups is 1. The molecule has 0 aromatic carbocycles. The van der Waals surface area contributed by atoms with Crippen LogP contribution in [0.25, 0.3) is 0 Å². The summed E-state index contributed by atoms with van der Waals surface area (Å²) in [6.45, 7) is 4.70. The van der Waals surface area contributed by atoms with E-state index >= 15 is 0 Å². The summed E-state index contributed by atoms with van der Waals surface area (Å²) >= 11 is 0. The van der Waals surface area contributed by atoms with Crippen LogP contribution in [0.1, 0.15) is 258 Å². The van der Waals surface area contributed by atoms with Crippen LogP contribution in [0.4, 0.5) is 0 Å². The third kappa shape index (κ3) is 62.2. The molecule has 458 valence electrons. The Hall–Kier alpha value is -3.36. The van der Waals surface area contributed by atoms with Crippen molar-refractivity contribution in [1.29, 1.82) is 0 Å². The summed E-state index contributed by atoms with van der Waals surface area (Å²) in [7, 11) is 1.55. The average molecular weight is 1130 g/mol. The van der Waals surface area contributed by atoms with Crippen LogP contribution in [-0.2, 0) is 18.4 Å². The van der Waals surface area contributed by atoms with E-state index in [4.69, 9.17) is 9.05 Å². The number of likely N-dealkylation sites (N-methyl/N-ethyl adjacent to an activating group) is 1. The summed E-state index contributed by atoms with van der Waals surface area (Å²) in [5, 5.41) is 14.0. The number of carbonyl (C=O) groups excluding carboxylic acids is 1. The number of amides is 1. The minimum Gasteiger partial charge on any atom is -0.387 e. The van der Waals surface area contributed by atoms with Crippen LogP contribution in [0.3, 0.4) is 0 Å². The largest absolute Gasteiger partial charge is 0.472 e. The van der Waals surface area contributed by atoms with E-state index < -0.39 is 20.0 Å². The molecule has 1 amide bonds. The first kappa shape index (κ1) is 76.6. The second-order valence-electron chi connectivity index (χ2n) is 22.8. The van der Waals surface area contributed by atoms with Crippen LogP contribution in [0.2, 0.25) is 0 Å². The standard InChI is InChI=1S/C71H123N2O6P/c1-6-8-10-12-14-16-18-20-22-24-26-28-29-30-31-32-33-34-35-36-37-38-39-40-41-42-43-45-47-49-51-53-55-57-59-61-63-65-71(75)72-69(68-79-80(76,77)78-67-66-73(3,4)5)70(74)64-62-60-58-56-54-52-50-48-46-44-27-25-23-21-19-17-15-13-11-9-7-2/h8,10,14,16,20,22,26,28,30-31,33-34,36-37,39-40,42-43,47,49,62,64,69-70,74H,6-7,9,11-13,15,17-19,21,23-25,27,29,32,35,38,41,44-46,48,50-61,63,65-68H2,1-5H3,(H-,72,75,76,77)/p+1/b10-8-,16-14-,22-20-,28-26-,31-30-,34-33-,37-36-,40-39-,43-42-,49-47-,64-62+. The van der Waals surface area contributed by atoms with Crippen molar-refractivity contribution in [3.05, 3.63) is 134 Å². The molecule has 0 heterocycles. The molecule has 0 radical (unpaired) electrons.